The minimum absolute atomic E-state index is 0.270. The number of hydrogen-bond acceptors (Lipinski definition) is 1. The quantitative estimate of drug-likeness (QED) is 0.857. The second-order valence-corrected chi connectivity index (χ2v) is 4.37. The van der Waals surface area contributed by atoms with Gasteiger partial charge in [0.15, 0.2) is 11.6 Å². The minimum atomic E-state index is -0.811. The molecule has 0 saturated carbocycles. The topological polar surface area (TPSA) is 12.0 Å². The van der Waals surface area contributed by atoms with Crippen LogP contribution < -0.4 is 5.32 Å². The summed E-state index contributed by atoms with van der Waals surface area (Å²) in [7, 11) is 0. The molecule has 2 aromatic carbocycles. The summed E-state index contributed by atoms with van der Waals surface area (Å²) in [6, 6.07) is 10.1. The van der Waals surface area contributed by atoms with Crippen LogP contribution in [0, 0.1) is 25.5 Å². The first kappa shape index (κ1) is 12.6. The number of halogens is 2. The molecule has 3 heteroatoms. The van der Waals surface area contributed by atoms with Crippen molar-refractivity contribution in [3.63, 3.8) is 0 Å². The summed E-state index contributed by atoms with van der Waals surface area (Å²) in [4.78, 5) is 0. The van der Waals surface area contributed by atoms with E-state index in [-0.39, 0.29) is 6.54 Å². The van der Waals surface area contributed by atoms with Gasteiger partial charge in [-0.1, -0.05) is 18.2 Å². The highest BCUT2D eigenvalue weighted by molar-refractivity contribution is 5.48. The van der Waals surface area contributed by atoms with E-state index in [9.17, 15) is 8.78 Å². The van der Waals surface area contributed by atoms with E-state index in [0.29, 0.717) is 5.56 Å². The molecule has 18 heavy (non-hydrogen) atoms. The Hall–Kier alpha value is -1.90. The van der Waals surface area contributed by atoms with Crippen LogP contribution in [0.4, 0.5) is 14.5 Å². The fraction of sp³-hybridized carbons (Fsp3) is 0.200. The molecule has 0 fully saturated rings. The first-order valence-electron chi connectivity index (χ1n) is 5.82. The van der Waals surface area contributed by atoms with Crippen molar-refractivity contribution in [2.75, 3.05) is 5.32 Å². The Labute approximate surface area is 105 Å². The van der Waals surface area contributed by atoms with Gasteiger partial charge in [-0.3, -0.25) is 0 Å². The molecule has 0 aliphatic heterocycles. The van der Waals surface area contributed by atoms with Gasteiger partial charge in [0.1, 0.15) is 0 Å². The van der Waals surface area contributed by atoms with E-state index in [1.165, 1.54) is 17.2 Å². The van der Waals surface area contributed by atoms with E-state index in [0.717, 1.165) is 11.8 Å². The molecule has 1 nitrogen and oxygen atoms in total. The van der Waals surface area contributed by atoms with Gasteiger partial charge in [0.05, 0.1) is 0 Å². The zero-order chi connectivity index (χ0) is 13.1. The Morgan fingerprint density at radius 3 is 2.50 bits per heavy atom. The number of rotatable bonds is 3. The maximum Gasteiger partial charge on any atom is 0.163 e. The number of nitrogens with one attached hydrogen (secondary N) is 1. The molecular formula is C15H15F2N. The highest BCUT2D eigenvalue weighted by Gasteiger charge is 2.07. The summed E-state index contributed by atoms with van der Waals surface area (Å²) in [5.74, 6) is -1.59. The normalized spacial score (nSPS) is 10.4. The van der Waals surface area contributed by atoms with Crippen molar-refractivity contribution >= 4 is 5.69 Å². The van der Waals surface area contributed by atoms with Crippen molar-refractivity contribution in [3.8, 4) is 0 Å². The first-order chi connectivity index (χ1) is 8.58. The lowest BCUT2D eigenvalue weighted by molar-refractivity contribution is 0.500. The van der Waals surface area contributed by atoms with Gasteiger partial charge in [-0.05, 0) is 43.2 Å². The van der Waals surface area contributed by atoms with E-state index in [4.69, 9.17) is 0 Å². The van der Waals surface area contributed by atoms with Gasteiger partial charge >= 0.3 is 0 Å². The third-order valence-corrected chi connectivity index (χ3v) is 3.02. The van der Waals surface area contributed by atoms with Crippen molar-refractivity contribution in [1.29, 1.82) is 0 Å². The summed E-state index contributed by atoms with van der Waals surface area (Å²) in [5, 5.41) is 3.09. The van der Waals surface area contributed by atoms with Crippen LogP contribution in [0.3, 0.4) is 0 Å². The monoisotopic (exact) mass is 247 g/mol. The van der Waals surface area contributed by atoms with Gasteiger partial charge in [0, 0.05) is 17.8 Å². The summed E-state index contributed by atoms with van der Waals surface area (Å²) in [6.45, 7) is 4.32. The molecule has 2 rings (SSSR count). The lowest BCUT2D eigenvalue weighted by Crippen LogP contribution is -2.03. The number of benzene rings is 2. The lowest BCUT2D eigenvalue weighted by atomic mass is 10.1. The average molecular weight is 247 g/mol. The van der Waals surface area contributed by atoms with Gasteiger partial charge in [-0.2, -0.15) is 0 Å². The van der Waals surface area contributed by atoms with Crippen LogP contribution in [-0.2, 0) is 6.54 Å². The molecule has 0 bridgehead atoms. The Balaban J connectivity index is 2.11. The second-order valence-electron chi connectivity index (χ2n) is 4.37. The Bertz CT molecular complexity index is 564. The summed E-state index contributed by atoms with van der Waals surface area (Å²) < 4.78 is 26.5. The average Bonchev–Trinajstić information content (AvgIpc) is 2.35. The van der Waals surface area contributed by atoms with Crippen molar-refractivity contribution in [3.05, 3.63) is 64.7 Å². The molecule has 0 saturated heterocycles. The molecule has 0 heterocycles. The standard InChI is InChI=1S/C15H15F2N/c1-10-6-7-13(8-11(10)2)18-9-12-4-3-5-14(16)15(12)17/h3-8,18H,9H2,1-2H3. The zero-order valence-corrected chi connectivity index (χ0v) is 10.4. The highest BCUT2D eigenvalue weighted by atomic mass is 19.2. The number of anilines is 1. The summed E-state index contributed by atoms with van der Waals surface area (Å²) >= 11 is 0. The lowest BCUT2D eigenvalue weighted by Gasteiger charge is -2.09. The van der Waals surface area contributed by atoms with Gasteiger partial charge in [-0.25, -0.2) is 8.78 Å². The van der Waals surface area contributed by atoms with Crippen molar-refractivity contribution < 1.29 is 8.78 Å². The van der Waals surface area contributed by atoms with Crippen molar-refractivity contribution in [1.82, 2.24) is 0 Å². The molecule has 0 atom stereocenters. The molecule has 1 N–H and O–H groups in total. The van der Waals surface area contributed by atoms with E-state index < -0.39 is 11.6 Å². The van der Waals surface area contributed by atoms with Crippen LogP contribution in [0.15, 0.2) is 36.4 Å². The van der Waals surface area contributed by atoms with Crippen molar-refractivity contribution in [2.24, 2.45) is 0 Å². The molecule has 0 radical (unpaired) electrons. The third kappa shape index (κ3) is 2.67. The Morgan fingerprint density at radius 2 is 1.78 bits per heavy atom. The highest BCUT2D eigenvalue weighted by Crippen LogP contribution is 2.17. The van der Waals surface area contributed by atoms with E-state index in [2.05, 4.69) is 5.32 Å². The van der Waals surface area contributed by atoms with E-state index >= 15 is 0 Å². The van der Waals surface area contributed by atoms with E-state index in [1.807, 2.05) is 32.0 Å². The Morgan fingerprint density at radius 1 is 1.00 bits per heavy atom. The van der Waals surface area contributed by atoms with Crippen molar-refractivity contribution in [2.45, 2.75) is 20.4 Å². The van der Waals surface area contributed by atoms with Gasteiger partial charge in [-0.15, -0.1) is 0 Å². The van der Waals surface area contributed by atoms with Crippen LogP contribution in [0.5, 0.6) is 0 Å². The molecule has 0 aliphatic carbocycles. The predicted molar refractivity (Wildman–Crippen MR) is 69.6 cm³/mol. The van der Waals surface area contributed by atoms with Gasteiger partial charge in [0.25, 0.3) is 0 Å². The summed E-state index contributed by atoms with van der Waals surface area (Å²) in [5.41, 5.74) is 3.60. The van der Waals surface area contributed by atoms with Crippen LogP contribution in [-0.4, -0.2) is 0 Å². The second kappa shape index (κ2) is 5.17. The van der Waals surface area contributed by atoms with Crippen LogP contribution in [0.1, 0.15) is 16.7 Å². The SMILES string of the molecule is Cc1ccc(NCc2cccc(F)c2F)cc1C. The smallest absolute Gasteiger partial charge is 0.163 e. The molecule has 0 aromatic heterocycles. The largest absolute Gasteiger partial charge is 0.381 e. The number of hydrogen-bond donors (Lipinski definition) is 1. The first-order valence-corrected chi connectivity index (χ1v) is 5.82. The molecular weight excluding hydrogens is 232 g/mol. The molecule has 94 valence electrons. The number of aryl methyl sites for hydroxylation is 2. The molecule has 0 unspecified atom stereocenters. The van der Waals surface area contributed by atoms with E-state index in [1.54, 1.807) is 6.07 Å². The van der Waals surface area contributed by atoms with Crippen LogP contribution >= 0.6 is 0 Å². The fourth-order valence-electron chi connectivity index (χ4n) is 1.73. The van der Waals surface area contributed by atoms with Crippen LogP contribution in [0.25, 0.3) is 0 Å². The zero-order valence-electron chi connectivity index (χ0n) is 10.4. The minimum Gasteiger partial charge on any atom is -0.381 e. The maximum absolute atomic E-state index is 13.4. The fourth-order valence-corrected chi connectivity index (χ4v) is 1.73. The molecule has 0 spiro atoms. The molecule has 0 amide bonds. The third-order valence-electron chi connectivity index (χ3n) is 3.02. The summed E-state index contributed by atoms with van der Waals surface area (Å²) in [6.07, 6.45) is 0. The predicted octanol–water partition coefficient (Wildman–Crippen LogP) is 4.19. The van der Waals surface area contributed by atoms with Gasteiger partial charge in [0.2, 0.25) is 0 Å². The Kier molecular flexibility index (Phi) is 3.60. The maximum atomic E-state index is 13.4. The molecule has 0 aliphatic rings. The molecule has 2 aromatic rings. The van der Waals surface area contributed by atoms with Crippen LogP contribution in [0.2, 0.25) is 0 Å². The van der Waals surface area contributed by atoms with Gasteiger partial charge < -0.3 is 5.32 Å².